The van der Waals surface area contributed by atoms with Crippen molar-refractivity contribution in [2.75, 3.05) is 64.2 Å². The quantitative estimate of drug-likeness (QED) is 0.0761. The number of nitrogens with one attached hydrogen (secondary N) is 1. The molecule has 17 nitrogen and oxygen atoms in total. The molecule has 3 N–H and O–H groups in total. The number of aromatic nitrogens is 4. The number of hydrogen-bond acceptors (Lipinski definition) is 14. The van der Waals surface area contributed by atoms with E-state index in [9.17, 15) is 24.0 Å². The molecule has 5 aromatic rings. The normalized spacial score (nSPS) is 17.0. The molecule has 3 aliphatic rings. The fourth-order valence-corrected chi connectivity index (χ4v) is 8.56. The zero-order chi connectivity index (χ0) is 42.3. The van der Waals surface area contributed by atoms with Crippen molar-refractivity contribution in [3.63, 3.8) is 0 Å². The van der Waals surface area contributed by atoms with Crippen molar-refractivity contribution in [2.45, 2.75) is 42.7 Å². The first-order valence-corrected chi connectivity index (χ1v) is 21.1. The molecule has 0 aliphatic carbocycles. The van der Waals surface area contributed by atoms with Gasteiger partial charge in [-0.05, 0) is 67.8 Å². The number of nitrogens with zero attached hydrogens (tertiary/aromatic N) is 6. The summed E-state index contributed by atoms with van der Waals surface area (Å²) in [6.45, 7) is 2.63. The lowest BCUT2D eigenvalue weighted by molar-refractivity contribution is -0.138. The molecule has 3 aliphatic heterocycles. The number of benzene rings is 3. The Labute approximate surface area is 354 Å². The Morgan fingerprint density at radius 1 is 0.803 bits per heavy atom. The first-order valence-electron chi connectivity index (χ1n) is 20.1. The largest absolute Gasteiger partial charge is 0.457 e. The van der Waals surface area contributed by atoms with Gasteiger partial charge in [0.15, 0.2) is 5.65 Å². The summed E-state index contributed by atoms with van der Waals surface area (Å²) in [7, 11) is 0. The van der Waals surface area contributed by atoms with E-state index in [4.69, 9.17) is 29.8 Å². The van der Waals surface area contributed by atoms with Crippen molar-refractivity contribution in [1.82, 2.24) is 34.9 Å². The molecule has 8 rings (SSSR count). The molecule has 2 fully saturated rings. The molecule has 5 heterocycles. The van der Waals surface area contributed by atoms with E-state index in [0.29, 0.717) is 91.3 Å². The van der Waals surface area contributed by atoms with Crippen LogP contribution in [-0.4, -0.2) is 124 Å². The average Bonchev–Trinajstić information content (AvgIpc) is 3.79. The van der Waals surface area contributed by atoms with Crippen LogP contribution in [0.5, 0.6) is 11.5 Å². The van der Waals surface area contributed by atoms with E-state index in [2.05, 4.69) is 15.3 Å². The molecule has 3 aromatic carbocycles. The van der Waals surface area contributed by atoms with Crippen molar-refractivity contribution < 1.29 is 42.9 Å². The number of piperidine rings is 2. The number of thioether (sulfide) groups is 1. The van der Waals surface area contributed by atoms with E-state index >= 15 is 0 Å². The standard InChI is InChI=1S/C43H44N8O9S/c44-39-37-38(27-9-11-30(12-10-27)60-29-5-2-1-3-6-29)48-51(40(37)46-26-45-39)28-15-17-49(18-16-28)35(53)25-59-22-21-57-19-20-58-23-24-61-33-8-4-7-31-36(33)43(56)50(42(31)55)32-13-14-34(52)47-41(32)54/h1-12,26,28,32H,13-25H2,(H2,44,45,46)(H,47,52,54). The number of carbonyl (C=O) groups is 5. The molecule has 61 heavy (non-hydrogen) atoms. The molecule has 0 saturated carbocycles. The van der Waals surface area contributed by atoms with Gasteiger partial charge in [0.2, 0.25) is 17.7 Å². The van der Waals surface area contributed by atoms with Gasteiger partial charge >= 0.3 is 0 Å². The van der Waals surface area contributed by atoms with Crippen LogP contribution < -0.4 is 15.8 Å². The van der Waals surface area contributed by atoms with Crippen LogP contribution in [-0.2, 0) is 28.6 Å². The van der Waals surface area contributed by atoms with E-state index in [1.807, 2.05) is 59.3 Å². The van der Waals surface area contributed by atoms with Crippen molar-refractivity contribution in [1.29, 1.82) is 0 Å². The number of amides is 5. The van der Waals surface area contributed by atoms with Crippen LogP contribution in [0.15, 0.2) is 84.0 Å². The van der Waals surface area contributed by atoms with Gasteiger partial charge in [-0.2, -0.15) is 5.10 Å². The molecule has 2 saturated heterocycles. The van der Waals surface area contributed by atoms with Crippen molar-refractivity contribution in [3.05, 3.63) is 90.3 Å². The van der Waals surface area contributed by atoms with E-state index < -0.39 is 29.7 Å². The number of anilines is 1. The molecule has 2 aromatic heterocycles. The number of likely N-dealkylation sites (tertiary alicyclic amines) is 1. The predicted molar refractivity (Wildman–Crippen MR) is 223 cm³/mol. The highest BCUT2D eigenvalue weighted by molar-refractivity contribution is 7.99. The molecule has 5 amide bonds. The van der Waals surface area contributed by atoms with Gasteiger partial charge in [-0.1, -0.05) is 24.3 Å². The molecule has 316 valence electrons. The number of carbonyl (C=O) groups excluding carboxylic acids is 5. The van der Waals surface area contributed by atoms with Gasteiger partial charge < -0.3 is 29.6 Å². The third-order valence-corrected chi connectivity index (χ3v) is 11.7. The first-order chi connectivity index (χ1) is 29.8. The maximum atomic E-state index is 13.3. The van der Waals surface area contributed by atoms with Crippen LogP contribution in [0.4, 0.5) is 5.82 Å². The number of nitrogen functional groups attached to an aromatic ring is 1. The van der Waals surface area contributed by atoms with Crippen LogP contribution in [0.2, 0.25) is 0 Å². The van der Waals surface area contributed by atoms with Crippen LogP contribution in [0.3, 0.4) is 0 Å². The Morgan fingerprint density at radius 3 is 2.28 bits per heavy atom. The lowest BCUT2D eigenvalue weighted by Crippen LogP contribution is -2.54. The second-order valence-corrected chi connectivity index (χ2v) is 15.7. The van der Waals surface area contributed by atoms with Gasteiger partial charge in [0.1, 0.15) is 42.0 Å². The Morgan fingerprint density at radius 2 is 1.52 bits per heavy atom. The third-order valence-electron chi connectivity index (χ3n) is 10.7. The number of fused-ring (bicyclic) bond motifs is 2. The first kappa shape index (κ1) is 41.5. The summed E-state index contributed by atoms with van der Waals surface area (Å²) >= 11 is 1.38. The second-order valence-electron chi connectivity index (χ2n) is 14.6. The van der Waals surface area contributed by atoms with Crippen LogP contribution in [0.25, 0.3) is 22.3 Å². The van der Waals surface area contributed by atoms with Gasteiger partial charge in [0.05, 0.1) is 55.6 Å². The van der Waals surface area contributed by atoms with Gasteiger partial charge in [-0.25, -0.2) is 14.6 Å². The highest BCUT2D eigenvalue weighted by Gasteiger charge is 2.45. The summed E-state index contributed by atoms with van der Waals surface area (Å²) in [6.07, 6.45) is 2.98. The number of imide groups is 2. The Hall–Kier alpha value is -6.21. The lowest BCUT2D eigenvalue weighted by Gasteiger charge is -2.32. The minimum Gasteiger partial charge on any atom is -0.457 e. The molecular weight excluding hydrogens is 805 g/mol. The SMILES string of the molecule is Nc1ncnc2c1c(-c1ccc(Oc3ccccc3)cc1)nn2C1CCN(C(=O)COCCOCCOCCSc2cccc3c2C(=O)N(C2CCC(=O)NC2=O)C3=O)CC1. The van der Waals surface area contributed by atoms with Crippen molar-refractivity contribution in [2.24, 2.45) is 0 Å². The highest BCUT2D eigenvalue weighted by atomic mass is 32.2. The summed E-state index contributed by atoms with van der Waals surface area (Å²) in [5, 5.41) is 7.88. The summed E-state index contributed by atoms with van der Waals surface area (Å²) in [4.78, 5) is 75.4. The van der Waals surface area contributed by atoms with E-state index in [1.54, 1.807) is 23.1 Å². The maximum Gasteiger partial charge on any atom is 0.263 e. The van der Waals surface area contributed by atoms with Crippen molar-refractivity contribution >= 4 is 58.1 Å². The highest BCUT2D eigenvalue weighted by Crippen LogP contribution is 2.36. The maximum absolute atomic E-state index is 13.3. The fraction of sp³-hybridized carbons (Fsp3) is 0.349. The van der Waals surface area contributed by atoms with Crippen molar-refractivity contribution in [3.8, 4) is 22.8 Å². The van der Waals surface area contributed by atoms with Crippen LogP contribution in [0, 0.1) is 0 Å². The number of para-hydroxylation sites is 1. The van der Waals surface area contributed by atoms with Gasteiger partial charge in [-0.3, -0.25) is 34.2 Å². The third kappa shape index (κ3) is 9.26. The number of nitrogens with two attached hydrogens (primary N) is 1. The van der Waals surface area contributed by atoms with Crippen LogP contribution >= 0.6 is 11.8 Å². The molecule has 0 spiro atoms. The number of rotatable bonds is 17. The Balaban J connectivity index is 0.722. The molecule has 0 bridgehead atoms. The number of hydrogen-bond donors (Lipinski definition) is 2. The second kappa shape index (κ2) is 19.0. The molecule has 1 atom stereocenters. The van der Waals surface area contributed by atoms with Crippen LogP contribution in [0.1, 0.15) is 52.4 Å². The predicted octanol–water partition coefficient (Wildman–Crippen LogP) is 4.27. The van der Waals surface area contributed by atoms with E-state index in [0.717, 1.165) is 16.2 Å². The van der Waals surface area contributed by atoms with Gasteiger partial charge in [-0.15, -0.1) is 11.8 Å². The molecule has 18 heteroatoms. The van der Waals surface area contributed by atoms with Gasteiger partial charge in [0, 0.05) is 35.7 Å². The Bertz CT molecular complexity index is 2420. The topological polar surface area (TPSA) is 210 Å². The monoisotopic (exact) mass is 848 g/mol. The zero-order valence-electron chi connectivity index (χ0n) is 33.2. The summed E-state index contributed by atoms with van der Waals surface area (Å²) in [6, 6.07) is 21.3. The number of ether oxygens (including phenoxy) is 4. The summed E-state index contributed by atoms with van der Waals surface area (Å²) < 4.78 is 24.8. The smallest absolute Gasteiger partial charge is 0.263 e. The summed E-state index contributed by atoms with van der Waals surface area (Å²) in [5.74, 6) is 0.0860. The Kier molecular flexibility index (Phi) is 12.9. The minimum atomic E-state index is -1.01. The average molecular weight is 849 g/mol. The zero-order valence-corrected chi connectivity index (χ0v) is 34.0. The minimum absolute atomic E-state index is 0.0113. The van der Waals surface area contributed by atoms with E-state index in [1.165, 1.54) is 18.1 Å². The summed E-state index contributed by atoms with van der Waals surface area (Å²) in [5.41, 5.74) is 9.06. The molecule has 0 radical (unpaired) electrons. The molecular formula is C43H44N8O9S. The fourth-order valence-electron chi connectivity index (χ4n) is 7.62. The molecule has 1 unspecified atom stereocenters. The van der Waals surface area contributed by atoms with E-state index in [-0.39, 0.29) is 49.1 Å². The lowest BCUT2D eigenvalue weighted by atomic mass is 10.0. The van der Waals surface area contributed by atoms with Gasteiger partial charge in [0.25, 0.3) is 11.8 Å².